The van der Waals surface area contributed by atoms with Gasteiger partial charge in [-0.05, 0) is 58.1 Å². The Bertz CT molecular complexity index is 1480. The second-order valence-electron chi connectivity index (χ2n) is 12.1. The van der Waals surface area contributed by atoms with E-state index < -0.39 is 13.9 Å². The van der Waals surface area contributed by atoms with Crippen molar-refractivity contribution in [2.24, 2.45) is 0 Å². The average molecular weight is 556 g/mol. The Morgan fingerprint density at radius 1 is 0.780 bits per heavy atom. The molecule has 0 aliphatic carbocycles. The standard InChI is InChI=1S/C36H43NO2Si.Li/c1-28-23-24-29(2)33(27-28)34(38)37(36(6,7)30-17-11-8-12-18-30)25-26-39-40(35(3,4)5,31-19-13-9-14-20-31)32-21-15-10-16-22-32;/h8-24,27,38H,2,25-26H2,1,3-7H3;/q;+1/p-1/b34-33-;. The topological polar surface area (TPSA) is 35.5 Å². The zero-order chi connectivity index (χ0) is 29.0. The molecule has 4 rings (SSSR count). The molecule has 4 aromatic carbocycles. The van der Waals surface area contributed by atoms with E-state index >= 15 is 0 Å². The molecule has 3 nitrogen and oxygen atoms in total. The molecular weight excluding hydrogens is 513 g/mol. The van der Waals surface area contributed by atoms with Gasteiger partial charge >= 0.3 is 18.9 Å². The van der Waals surface area contributed by atoms with Crippen LogP contribution in [0.5, 0.6) is 0 Å². The van der Waals surface area contributed by atoms with Gasteiger partial charge in [-0.2, -0.15) is 0 Å². The molecule has 0 radical (unpaired) electrons. The van der Waals surface area contributed by atoms with Crippen molar-refractivity contribution in [2.75, 3.05) is 13.2 Å². The van der Waals surface area contributed by atoms with Crippen LogP contribution >= 0.6 is 0 Å². The summed E-state index contributed by atoms with van der Waals surface area (Å²) in [5.74, 6) is -0.0337. The SMILES string of the molecule is C=c1ccc(C)c/c1=C(/[O-])N(CCO[Si](c1ccccc1)(c1ccccc1)C(C)(C)C)C(C)(C)c1ccccc1.[Li+]. The molecule has 0 N–H and O–H groups in total. The molecule has 0 amide bonds. The maximum absolute atomic E-state index is 14.3. The van der Waals surface area contributed by atoms with Gasteiger partial charge in [0, 0.05) is 6.54 Å². The number of benzene rings is 4. The van der Waals surface area contributed by atoms with E-state index in [0.29, 0.717) is 18.4 Å². The average Bonchev–Trinajstić information content (AvgIpc) is 2.95. The molecule has 0 bridgehead atoms. The second-order valence-corrected chi connectivity index (χ2v) is 16.4. The van der Waals surface area contributed by atoms with Gasteiger partial charge < -0.3 is 14.4 Å². The summed E-state index contributed by atoms with van der Waals surface area (Å²) in [6.07, 6.45) is 0. The molecule has 0 aliphatic rings. The molecule has 5 heteroatoms. The molecule has 0 unspecified atom stereocenters. The van der Waals surface area contributed by atoms with Crippen molar-refractivity contribution >= 4 is 31.2 Å². The minimum absolute atomic E-state index is 0. The minimum atomic E-state index is -2.74. The Morgan fingerprint density at radius 3 is 1.76 bits per heavy atom. The summed E-state index contributed by atoms with van der Waals surface area (Å²) < 4.78 is 7.20. The van der Waals surface area contributed by atoms with E-state index in [2.05, 4.69) is 114 Å². The summed E-state index contributed by atoms with van der Waals surface area (Å²) in [5.41, 5.74) is 1.55. The van der Waals surface area contributed by atoms with Crippen LogP contribution < -0.4 is 44.8 Å². The molecular formula is C36H42LiNO2Si. The van der Waals surface area contributed by atoms with Gasteiger partial charge in [0.1, 0.15) is 0 Å². The first kappa shape index (κ1) is 32.5. The summed E-state index contributed by atoms with van der Waals surface area (Å²) in [6.45, 7) is 18.1. The van der Waals surface area contributed by atoms with Crippen LogP contribution in [0.15, 0.2) is 109 Å². The fourth-order valence-electron chi connectivity index (χ4n) is 5.72. The van der Waals surface area contributed by atoms with E-state index in [-0.39, 0.29) is 29.8 Å². The summed E-state index contributed by atoms with van der Waals surface area (Å²) in [6, 6.07) is 37.4. The van der Waals surface area contributed by atoms with Gasteiger partial charge in [-0.25, -0.2) is 0 Å². The van der Waals surface area contributed by atoms with E-state index in [0.717, 1.165) is 16.3 Å². The maximum Gasteiger partial charge on any atom is 1.00 e. The van der Waals surface area contributed by atoms with Crippen LogP contribution in [0.2, 0.25) is 5.04 Å². The third kappa shape index (κ3) is 6.74. The Morgan fingerprint density at radius 2 is 1.27 bits per heavy atom. The van der Waals surface area contributed by atoms with Crippen molar-refractivity contribution in [1.29, 1.82) is 0 Å². The molecule has 41 heavy (non-hydrogen) atoms. The molecule has 0 saturated carbocycles. The van der Waals surface area contributed by atoms with Crippen LogP contribution in [0.4, 0.5) is 0 Å². The quantitative estimate of drug-likeness (QED) is 0.295. The maximum atomic E-state index is 14.3. The number of rotatable bonds is 9. The van der Waals surface area contributed by atoms with Crippen LogP contribution in [-0.4, -0.2) is 26.4 Å². The van der Waals surface area contributed by atoms with E-state index in [1.165, 1.54) is 10.4 Å². The van der Waals surface area contributed by atoms with Crippen molar-refractivity contribution in [2.45, 2.75) is 52.1 Å². The predicted octanol–water partition coefficient (Wildman–Crippen LogP) is 1.65. The fraction of sp³-hybridized carbons (Fsp3) is 0.278. The zero-order valence-corrected chi connectivity index (χ0v) is 26.8. The largest absolute Gasteiger partial charge is 1.00 e. The van der Waals surface area contributed by atoms with Crippen LogP contribution in [0, 0.1) is 6.92 Å². The molecule has 0 saturated heterocycles. The van der Waals surface area contributed by atoms with Gasteiger partial charge in [0.05, 0.1) is 12.1 Å². The predicted molar refractivity (Wildman–Crippen MR) is 169 cm³/mol. The molecule has 0 heterocycles. The van der Waals surface area contributed by atoms with Gasteiger partial charge in [-0.15, -0.1) is 0 Å². The molecule has 0 aliphatic heterocycles. The fourth-order valence-corrected chi connectivity index (χ4v) is 10.3. The van der Waals surface area contributed by atoms with Gasteiger partial charge in [0.2, 0.25) is 0 Å². The molecule has 4 aromatic rings. The van der Waals surface area contributed by atoms with E-state index in [1.54, 1.807) is 0 Å². The molecule has 0 aromatic heterocycles. The minimum Gasteiger partial charge on any atom is -0.860 e. The van der Waals surface area contributed by atoms with Gasteiger partial charge in [0.15, 0.2) is 0 Å². The van der Waals surface area contributed by atoms with Gasteiger partial charge in [-0.1, -0.05) is 142 Å². The summed E-state index contributed by atoms with van der Waals surface area (Å²) in [4.78, 5) is 1.96. The first-order chi connectivity index (χ1) is 19.0. The number of hydrogen-bond donors (Lipinski definition) is 0. The van der Waals surface area contributed by atoms with Crippen LogP contribution in [-0.2, 0) is 9.96 Å². The molecule has 0 spiro atoms. The first-order valence-electron chi connectivity index (χ1n) is 14.0. The molecule has 0 fully saturated rings. The van der Waals surface area contributed by atoms with Crippen molar-refractivity contribution in [1.82, 2.24) is 4.90 Å². The van der Waals surface area contributed by atoms with E-state index in [1.807, 2.05) is 48.2 Å². The normalized spacial score (nSPS) is 12.8. The van der Waals surface area contributed by atoms with Crippen molar-refractivity contribution in [3.05, 3.63) is 131 Å². The van der Waals surface area contributed by atoms with Crippen molar-refractivity contribution in [3.8, 4) is 0 Å². The van der Waals surface area contributed by atoms with Crippen LogP contribution in [0.3, 0.4) is 0 Å². The number of nitrogens with zero attached hydrogens (tertiary/aromatic N) is 1. The first-order valence-corrected chi connectivity index (χ1v) is 15.9. The zero-order valence-electron chi connectivity index (χ0n) is 25.8. The molecule has 0 atom stereocenters. The monoisotopic (exact) mass is 555 g/mol. The Hall–Kier alpha value is -3.01. The van der Waals surface area contributed by atoms with Crippen LogP contribution in [0.25, 0.3) is 12.5 Å². The Balaban J connectivity index is 0.00000462. The Kier molecular flexibility index (Phi) is 10.6. The van der Waals surface area contributed by atoms with Gasteiger partial charge in [-0.3, -0.25) is 0 Å². The summed E-state index contributed by atoms with van der Waals surface area (Å²) in [5, 5.41) is 18.0. The smallest absolute Gasteiger partial charge is 0.860 e. The second kappa shape index (κ2) is 13.3. The number of hydrogen-bond acceptors (Lipinski definition) is 3. The van der Waals surface area contributed by atoms with Gasteiger partial charge in [0.25, 0.3) is 8.32 Å². The Labute approximate surface area is 259 Å². The van der Waals surface area contributed by atoms with Crippen molar-refractivity contribution in [3.63, 3.8) is 0 Å². The summed E-state index contributed by atoms with van der Waals surface area (Å²) in [7, 11) is -2.74. The van der Waals surface area contributed by atoms with Crippen LogP contribution in [0.1, 0.15) is 45.7 Å². The summed E-state index contributed by atoms with van der Waals surface area (Å²) >= 11 is 0. The van der Waals surface area contributed by atoms with Crippen molar-refractivity contribution < 1.29 is 28.4 Å². The van der Waals surface area contributed by atoms with E-state index in [9.17, 15) is 5.11 Å². The molecule has 208 valence electrons. The van der Waals surface area contributed by atoms with E-state index in [4.69, 9.17) is 4.43 Å². The third-order valence-corrected chi connectivity index (χ3v) is 13.0. The third-order valence-electron chi connectivity index (χ3n) is 7.95. The number of aryl methyl sites for hydroxylation is 1.